The van der Waals surface area contributed by atoms with Gasteiger partial charge in [0.15, 0.2) is 0 Å². The molecule has 20 heavy (non-hydrogen) atoms. The molecule has 2 nitrogen and oxygen atoms in total. The van der Waals surface area contributed by atoms with Gasteiger partial charge in [0.25, 0.3) is 0 Å². The number of hydrogen-bond donors (Lipinski definition) is 1. The van der Waals surface area contributed by atoms with Crippen LogP contribution in [0.2, 0.25) is 5.02 Å². The fourth-order valence-electron chi connectivity index (χ4n) is 2.09. The van der Waals surface area contributed by atoms with Gasteiger partial charge in [-0.1, -0.05) is 23.7 Å². The molecular weight excluding hydrogens is 270 g/mol. The molecule has 2 aromatic rings. The van der Waals surface area contributed by atoms with E-state index in [4.69, 9.17) is 16.3 Å². The van der Waals surface area contributed by atoms with Crippen LogP contribution < -0.4 is 10.1 Å². The number of rotatable bonds is 5. The molecule has 3 heteroatoms. The van der Waals surface area contributed by atoms with Crippen LogP contribution in [0.3, 0.4) is 0 Å². The van der Waals surface area contributed by atoms with E-state index in [9.17, 15) is 0 Å². The molecule has 3 rings (SSSR count). The monoisotopic (exact) mass is 287 g/mol. The van der Waals surface area contributed by atoms with E-state index < -0.39 is 0 Å². The molecule has 0 atom stereocenters. The lowest BCUT2D eigenvalue weighted by atomic mass is 10.2. The Morgan fingerprint density at radius 2 is 1.95 bits per heavy atom. The van der Waals surface area contributed by atoms with Crippen molar-refractivity contribution in [3.63, 3.8) is 0 Å². The Kier molecular flexibility index (Phi) is 3.95. The van der Waals surface area contributed by atoms with Gasteiger partial charge in [-0.3, -0.25) is 0 Å². The van der Waals surface area contributed by atoms with Gasteiger partial charge in [-0.2, -0.15) is 0 Å². The summed E-state index contributed by atoms with van der Waals surface area (Å²) in [6.45, 7) is 2.88. The van der Waals surface area contributed by atoms with Crippen molar-refractivity contribution in [1.82, 2.24) is 5.32 Å². The molecule has 104 valence electrons. The first-order valence-electron chi connectivity index (χ1n) is 6.97. The van der Waals surface area contributed by atoms with E-state index in [1.165, 1.54) is 18.4 Å². The molecule has 0 bridgehead atoms. The molecule has 2 aromatic carbocycles. The van der Waals surface area contributed by atoms with Gasteiger partial charge in [0, 0.05) is 17.6 Å². The van der Waals surface area contributed by atoms with Crippen LogP contribution in [0.1, 0.15) is 24.0 Å². The van der Waals surface area contributed by atoms with Gasteiger partial charge in [0.05, 0.1) is 0 Å². The minimum atomic E-state index is 0.721. The van der Waals surface area contributed by atoms with E-state index in [2.05, 4.69) is 17.4 Å². The second kappa shape index (κ2) is 5.86. The molecule has 0 aliphatic heterocycles. The molecule has 0 amide bonds. The molecule has 1 aliphatic rings. The first-order valence-corrected chi connectivity index (χ1v) is 7.35. The minimum Gasteiger partial charge on any atom is -0.457 e. The number of ether oxygens (including phenoxy) is 1. The zero-order valence-corrected chi connectivity index (χ0v) is 12.3. The molecule has 1 N–H and O–H groups in total. The van der Waals surface area contributed by atoms with E-state index in [-0.39, 0.29) is 0 Å². The Labute approximate surface area is 124 Å². The first kappa shape index (κ1) is 13.5. The van der Waals surface area contributed by atoms with Crippen LogP contribution in [0.15, 0.2) is 42.5 Å². The maximum atomic E-state index is 6.02. The van der Waals surface area contributed by atoms with Crippen molar-refractivity contribution in [3.8, 4) is 11.5 Å². The van der Waals surface area contributed by atoms with Gasteiger partial charge >= 0.3 is 0 Å². The first-order chi connectivity index (χ1) is 9.70. The van der Waals surface area contributed by atoms with E-state index in [0.717, 1.165) is 34.7 Å². The summed E-state index contributed by atoms with van der Waals surface area (Å²) in [7, 11) is 0. The summed E-state index contributed by atoms with van der Waals surface area (Å²) in [6.07, 6.45) is 2.61. The van der Waals surface area contributed by atoms with Crippen LogP contribution in [-0.2, 0) is 6.54 Å². The Morgan fingerprint density at radius 1 is 1.15 bits per heavy atom. The Balaban J connectivity index is 1.69. The number of nitrogens with one attached hydrogen (secondary N) is 1. The molecule has 0 radical (unpaired) electrons. The summed E-state index contributed by atoms with van der Waals surface area (Å²) >= 11 is 6.02. The summed E-state index contributed by atoms with van der Waals surface area (Å²) < 4.78 is 5.89. The second-order valence-electron chi connectivity index (χ2n) is 5.32. The molecule has 0 spiro atoms. The van der Waals surface area contributed by atoms with Crippen molar-refractivity contribution in [2.75, 3.05) is 0 Å². The molecule has 1 fully saturated rings. The average molecular weight is 288 g/mol. The molecular formula is C17H18ClNO. The fraction of sp³-hybridized carbons (Fsp3) is 0.294. The maximum absolute atomic E-state index is 6.02. The van der Waals surface area contributed by atoms with Gasteiger partial charge in [0.2, 0.25) is 0 Å². The third-order valence-corrected chi connectivity index (χ3v) is 3.86. The number of hydrogen-bond acceptors (Lipinski definition) is 2. The Hall–Kier alpha value is -1.51. The lowest BCUT2D eigenvalue weighted by Gasteiger charge is -2.09. The molecule has 1 aliphatic carbocycles. The largest absolute Gasteiger partial charge is 0.457 e. The van der Waals surface area contributed by atoms with Crippen molar-refractivity contribution in [3.05, 3.63) is 58.6 Å². The standard InChI is InChI=1S/C17H18ClNO/c1-12-9-16(7-8-17(12)18)20-15-4-2-3-13(10-15)11-19-14-5-6-14/h2-4,7-10,14,19H,5-6,11H2,1H3. The van der Waals surface area contributed by atoms with Gasteiger partial charge in [-0.25, -0.2) is 0 Å². The highest BCUT2D eigenvalue weighted by Crippen LogP contribution is 2.26. The molecule has 0 heterocycles. The van der Waals surface area contributed by atoms with Crippen LogP contribution in [0, 0.1) is 6.92 Å². The van der Waals surface area contributed by atoms with Crippen LogP contribution in [-0.4, -0.2) is 6.04 Å². The zero-order chi connectivity index (χ0) is 13.9. The number of benzene rings is 2. The highest BCUT2D eigenvalue weighted by atomic mass is 35.5. The summed E-state index contributed by atoms with van der Waals surface area (Å²) in [5, 5.41) is 4.27. The number of halogens is 1. The predicted octanol–water partition coefficient (Wildman–Crippen LogP) is 4.69. The molecule has 1 saturated carbocycles. The highest BCUT2D eigenvalue weighted by molar-refractivity contribution is 6.31. The normalized spacial score (nSPS) is 14.3. The highest BCUT2D eigenvalue weighted by Gasteiger charge is 2.19. The van der Waals surface area contributed by atoms with Crippen LogP contribution in [0.4, 0.5) is 0 Å². The lowest BCUT2D eigenvalue weighted by Crippen LogP contribution is -2.15. The van der Waals surface area contributed by atoms with Crippen molar-refractivity contribution < 1.29 is 4.74 Å². The third-order valence-electron chi connectivity index (χ3n) is 3.44. The predicted molar refractivity (Wildman–Crippen MR) is 82.6 cm³/mol. The Bertz CT molecular complexity index is 608. The van der Waals surface area contributed by atoms with Gasteiger partial charge in [0.1, 0.15) is 11.5 Å². The topological polar surface area (TPSA) is 21.3 Å². The fourth-order valence-corrected chi connectivity index (χ4v) is 2.20. The summed E-state index contributed by atoms with van der Waals surface area (Å²) in [5.74, 6) is 1.68. The average Bonchev–Trinajstić information content (AvgIpc) is 3.25. The number of aryl methyl sites for hydroxylation is 1. The molecule has 0 saturated heterocycles. The molecule has 0 aromatic heterocycles. The maximum Gasteiger partial charge on any atom is 0.127 e. The van der Waals surface area contributed by atoms with Crippen LogP contribution >= 0.6 is 11.6 Å². The molecule has 0 unspecified atom stereocenters. The van der Waals surface area contributed by atoms with Crippen molar-refractivity contribution >= 4 is 11.6 Å². The van der Waals surface area contributed by atoms with E-state index in [1.807, 2.05) is 37.3 Å². The van der Waals surface area contributed by atoms with Crippen LogP contribution in [0.25, 0.3) is 0 Å². The van der Waals surface area contributed by atoms with Crippen LogP contribution in [0.5, 0.6) is 11.5 Å². The quantitative estimate of drug-likeness (QED) is 0.861. The third kappa shape index (κ3) is 3.53. The lowest BCUT2D eigenvalue weighted by molar-refractivity contribution is 0.481. The minimum absolute atomic E-state index is 0.721. The Morgan fingerprint density at radius 3 is 2.70 bits per heavy atom. The SMILES string of the molecule is Cc1cc(Oc2cccc(CNC3CC3)c2)ccc1Cl. The van der Waals surface area contributed by atoms with Crippen molar-refractivity contribution in [2.45, 2.75) is 32.4 Å². The van der Waals surface area contributed by atoms with Gasteiger partial charge in [-0.05, 0) is 61.2 Å². The van der Waals surface area contributed by atoms with E-state index >= 15 is 0 Å². The summed E-state index contributed by atoms with van der Waals surface area (Å²) in [6, 6.07) is 14.6. The van der Waals surface area contributed by atoms with Gasteiger partial charge < -0.3 is 10.1 Å². The second-order valence-corrected chi connectivity index (χ2v) is 5.72. The van der Waals surface area contributed by atoms with Gasteiger partial charge in [-0.15, -0.1) is 0 Å². The van der Waals surface area contributed by atoms with E-state index in [1.54, 1.807) is 0 Å². The summed E-state index contributed by atoms with van der Waals surface area (Å²) in [5.41, 5.74) is 2.27. The zero-order valence-electron chi connectivity index (χ0n) is 11.5. The van der Waals surface area contributed by atoms with Crippen molar-refractivity contribution in [1.29, 1.82) is 0 Å². The van der Waals surface area contributed by atoms with Crippen molar-refractivity contribution in [2.24, 2.45) is 0 Å². The van der Waals surface area contributed by atoms with E-state index in [0.29, 0.717) is 0 Å². The smallest absolute Gasteiger partial charge is 0.127 e. The summed E-state index contributed by atoms with van der Waals surface area (Å²) in [4.78, 5) is 0.